The Balaban J connectivity index is 0.00000144. The molecule has 0 amide bonds. The molecule has 6 heteroatoms. The van der Waals surface area contributed by atoms with E-state index in [9.17, 15) is 4.79 Å². The van der Waals surface area contributed by atoms with Crippen molar-refractivity contribution in [2.45, 2.75) is 5.16 Å². The molecule has 0 spiro atoms. The van der Waals surface area contributed by atoms with Gasteiger partial charge in [0.1, 0.15) is 11.6 Å². The van der Waals surface area contributed by atoms with Gasteiger partial charge in [-0.2, -0.15) is 5.26 Å². The molecule has 4 nitrogen and oxygen atoms in total. The number of hydrogen-bond donors (Lipinski definition) is 1. The third kappa shape index (κ3) is 3.22. The van der Waals surface area contributed by atoms with Crippen LogP contribution in [0, 0.1) is 11.3 Å². The van der Waals surface area contributed by atoms with Crippen LogP contribution in [0.25, 0.3) is 11.3 Å². The van der Waals surface area contributed by atoms with Gasteiger partial charge in [0.25, 0.3) is 5.56 Å². The van der Waals surface area contributed by atoms with Gasteiger partial charge >= 0.3 is 51.4 Å². The van der Waals surface area contributed by atoms with Crippen molar-refractivity contribution in [1.29, 1.82) is 5.26 Å². The summed E-state index contributed by atoms with van der Waals surface area (Å²) in [5.74, 6) is 0. The zero-order valence-corrected chi connectivity index (χ0v) is 13.0. The van der Waals surface area contributed by atoms with E-state index in [0.29, 0.717) is 11.3 Å². The first-order chi connectivity index (χ1) is 7.72. The maximum Gasteiger partial charge on any atom is 1.00 e. The number of aromatic nitrogens is 2. The molecule has 78 valence electrons. The number of nitrogens with one attached hydrogen (secondary N) is 1. The monoisotopic (exact) mass is 267 g/mol. The SMILES string of the molecule is N#Cc1c(-c2ccccc2)nc([S-])[nH]c1=O.[K+]. The molecule has 0 saturated heterocycles. The Hall–Kier alpha value is -0.554. The van der Waals surface area contributed by atoms with Crippen molar-refractivity contribution in [3.63, 3.8) is 0 Å². The van der Waals surface area contributed by atoms with Gasteiger partial charge in [-0.3, -0.25) is 9.78 Å². The Bertz CT molecular complexity index is 619. The minimum Gasteiger partial charge on any atom is -0.742 e. The van der Waals surface area contributed by atoms with Gasteiger partial charge in [-0.05, 0) is 5.16 Å². The molecule has 0 aliphatic carbocycles. The van der Waals surface area contributed by atoms with E-state index in [2.05, 4.69) is 9.97 Å². The van der Waals surface area contributed by atoms with Gasteiger partial charge in [-0.25, -0.2) is 0 Å². The van der Waals surface area contributed by atoms with Crippen molar-refractivity contribution in [2.24, 2.45) is 0 Å². The van der Waals surface area contributed by atoms with Crippen molar-refractivity contribution >= 4 is 12.6 Å². The number of aromatic amines is 1. The van der Waals surface area contributed by atoms with E-state index < -0.39 is 5.56 Å². The van der Waals surface area contributed by atoms with Gasteiger partial charge in [-0.1, -0.05) is 30.3 Å². The van der Waals surface area contributed by atoms with Crippen molar-refractivity contribution in [1.82, 2.24) is 9.97 Å². The van der Waals surface area contributed by atoms with Crippen LogP contribution >= 0.6 is 0 Å². The quantitative estimate of drug-likeness (QED) is 0.377. The van der Waals surface area contributed by atoms with Crippen LogP contribution in [0.4, 0.5) is 0 Å². The summed E-state index contributed by atoms with van der Waals surface area (Å²) in [7, 11) is 0. The molecule has 2 rings (SSSR count). The predicted octanol–water partition coefficient (Wildman–Crippen LogP) is -1.78. The summed E-state index contributed by atoms with van der Waals surface area (Å²) < 4.78 is 0. The van der Waals surface area contributed by atoms with E-state index in [1.54, 1.807) is 12.1 Å². The van der Waals surface area contributed by atoms with Crippen LogP contribution in [-0.2, 0) is 12.6 Å². The van der Waals surface area contributed by atoms with Gasteiger partial charge in [0, 0.05) is 5.56 Å². The average Bonchev–Trinajstić information content (AvgIpc) is 2.29. The standard InChI is InChI=1S/C11H7N3OS.K/c12-6-8-9(7-4-2-1-3-5-7)13-11(16)14-10(8)15;/h1-5H,(H2,13,14,15,16);/q;+1/p-1. The molecule has 0 fully saturated rings. The van der Waals surface area contributed by atoms with Crippen molar-refractivity contribution in [3.05, 3.63) is 46.2 Å². The van der Waals surface area contributed by atoms with Crippen molar-refractivity contribution < 1.29 is 51.4 Å². The molecule has 17 heavy (non-hydrogen) atoms. The second kappa shape index (κ2) is 6.40. The van der Waals surface area contributed by atoms with Crippen LogP contribution in [0.2, 0.25) is 0 Å². The molecule has 1 aromatic heterocycles. The molecular formula is C11H6KN3OS. The van der Waals surface area contributed by atoms with Crippen LogP contribution in [0.1, 0.15) is 5.56 Å². The summed E-state index contributed by atoms with van der Waals surface area (Å²) in [6, 6.07) is 10.8. The molecule has 1 heterocycles. The summed E-state index contributed by atoms with van der Waals surface area (Å²) >= 11 is 4.82. The van der Waals surface area contributed by atoms with Gasteiger partial charge in [0.15, 0.2) is 0 Å². The van der Waals surface area contributed by atoms with Gasteiger partial charge in [0.2, 0.25) is 0 Å². The maximum absolute atomic E-state index is 11.5. The van der Waals surface area contributed by atoms with Crippen LogP contribution < -0.4 is 56.9 Å². The van der Waals surface area contributed by atoms with Crippen LogP contribution in [0.5, 0.6) is 0 Å². The predicted molar refractivity (Wildman–Crippen MR) is 60.6 cm³/mol. The Morgan fingerprint density at radius 2 is 1.94 bits per heavy atom. The minimum atomic E-state index is -0.499. The smallest absolute Gasteiger partial charge is 0.742 e. The fourth-order valence-corrected chi connectivity index (χ4v) is 1.55. The maximum atomic E-state index is 11.5. The van der Waals surface area contributed by atoms with Crippen LogP contribution in [0.15, 0.2) is 40.3 Å². The average molecular weight is 267 g/mol. The van der Waals surface area contributed by atoms with Crippen molar-refractivity contribution in [3.8, 4) is 17.3 Å². The number of benzene rings is 1. The first kappa shape index (κ1) is 14.5. The third-order valence-corrected chi connectivity index (χ3v) is 2.25. The molecule has 0 bridgehead atoms. The topological polar surface area (TPSA) is 69.5 Å². The van der Waals surface area contributed by atoms with Crippen LogP contribution in [0.3, 0.4) is 0 Å². The molecule has 1 N–H and O–H groups in total. The molecule has 0 saturated carbocycles. The fraction of sp³-hybridized carbons (Fsp3) is 0. The van der Waals surface area contributed by atoms with E-state index in [-0.39, 0.29) is 62.1 Å². The molecule has 0 atom stereocenters. The second-order valence-electron chi connectivity index (χ2n) is 3.07. The van der Waals surface area contributed by atoms with E-state index >= 15 is 0 Å². The van der Waals surface area contributed by atoms with Gasteiger partial charge in [0.05, 0.1) is 5.69 Å². The molecule has 0 aliphatic heterocycles. The Morgan fingerprint density at radius 3 is 2.53 bits per heavy atom. The molecule has 1 aromatic carbocycles. The van der Waals surface area contributed by atoms with Gasteiger partial charge in [-0.15, -0.1) is 0 Å². The molecule has 2 aromatic rings. The number of nitriles is 1. The van der Waals surface area contributed by atoms with Gasteiger partial charge < -0.3 is 17.6 Å². The number of H-pyrrole nitrogens is 1. The zero-order valence-electron chi connectivity index (χ0n) is 9.10. The van der Waals surface area contributed by atoms with Crippen molar-refractivity contribution in [2.75, 3.05) is 0 Å². The minimum absolute atomic E-state index is 0. The van der Waals surface area contributed by atoms with E-state index in [1.807, 2.05) is 24.3 Å². The fourth-order valence-electron chi connectivity index (χ4n) is 1.36. The third-order valence-electron chi connectivity index (χ3n) is 2.06. The Labute approximate surface area is 146 Å². The number of nitrogens with zero attached hydrogens (tertiary/aromatic N) is 2. The molecular weight excluding hydrogens is 261 g/mol. The first-order valence-corrected chi connectivity index (χ1v) is 4.90. The molecule has 0 aliphatic rings. The summed E-state index contributed by atoms with van der Waals surface area (Å²) in [4.78, 5) is 17.8. The Kier molecular flexibility index (Phi) is 5.46. The Morgan fingerprint density at radius 1 is 1.29 bits per heavy atom. The summed E-state index contributed by atoms with van der Waals surface area (Å²) in [5.41, 5.74) is 0.522. The molecule has 0 unspecified atom stereocenters. The largest absolute Gasteiger partial charge is 1.00 e. The van der Waals surface area contributed by atoms with Crippen LogP contribution in [-0.4, -0.2) is 9.97 Å². The normalized spacial score (nSPS) is 9.12. The molecule has 0 radical (unpaired) electrons. The number of hydrogen-bond acceptors (Lipinski definition) is 4. The summed E-state index contributed by atoms with van der Waals surface area (Å²) in [6.07, 6.45) is 0. The number of rotatable bonds is 1. The van der Waals surface area contributed by atoms with E-state index in [1.165, 1.54) is 0 Å². The van der Waals surface area contributed by atoms with E-state index in [0.717, 1.165) is 0 Å². The zero-order chi connectivity index (χ0) is 11.5. The summed E-state index contributed by atoms with van der Waals surface area (Å²) in [5, 5.41) is 8.99. The summed E-state index contributed by atoms with van der Waals surface area (Å²) in [6.45, 7) is 0. The first-order valence-electron chi connectivity index (χ1n) is 4.49. The second-order valence-corrected chi connectivity index (χ2v) is 3.46. The van der Waals surface area contributed by atoms with E-state index in [4.69, 9.17) is 17.9 Å².